The highest BCUT2D eigenvalue weighted by atomic mass is 16.6. The molecule has 0 bridgehead atoms. The second kappa shape index (κ2) is 6.48. The maximum Gasteiger partial charge on any atom is 0.274 e. The van der Waals surface area contributed by atoms with Gasteiger partial charge in [-0.2, -0.15) is 5.10 Å². The Balaban J connectivity index is 1.41. The average molecular weight is 342 g/mol. The Morgan fingerprint density at radius 2 is 2.32 bits per heavy atom. The molecule has 0 saturated carbocycles. The minimum Gasteiger partial charge on any atom is -0.472 e. The number of rotatable bonds is 3. The Morgan fingerprint density at radius 3 is 3.08 bits per heavy atom. The van der Waals surface area contributed by atoms with Gasteiger partial charge in [-0.3, -0.25) is 9.48 Å². The van der Waals surface area contributed by atoms with Crippen molar-refractivity contribution in [2.24, 2.45) is 7.05 Å². The molecule has 2 aromatic heterocycles. The van der Waals surface area contributed by atoms with E-state index in [0.29, 0.717) is 24.7 Å². The molecule has 2 fully saturated rings. The topological polar surface area (TPSA) is 69.5 Å². The predicted molar refractivity (Wildman–Crippen MR) is 90.3 cm³/mol. The van der Waals surface area contributed by atoms with Crippen LogP contribution in [0.3, 0.4) is 0 Å². The molecule has 2 aromatic rings. The molecule has 1 amide bonds. The fourth-order valence-corrected chi connectivity index (χ4v) is 3.71. The summed E-state index contributed by atoms with van der Waals surface area (Å²) in [4.78, 5) is 18.7. The van der Waals surface area contributed by atoms with Crippen molar-refractivity contribution in [1.29, 1.82) is 0 Å². The van der Waals surface area contributed by atoms with Crippen LogP contribution in [0, 0.1) is 0 Å². The summed E-state index contributed by atoms with van der Waals surface area (Å²) >= 11 is 0. The first-order valence-corrected chi connectivity index (χ1v) is 8.64. The van der Waals surface area contributed by atoms with Gasteiger partial charge in [-0.25, -0.2) is 4.98 Å². The number of carbonyl (C=O) groups is 1. The first kappa shape index (κ1) is 16.1. The lowest BCUT2D eigenvalue weighted by Crippen LogP contribution is -2.50. The summed E-state index contributed by atoms with van der Waals surface area (Å²) in [5, 5.41) is 4.22. The number of hydrogen-bond donors (Lipinski definition) is 0. The van der Waals surface area contributed by atoms with Crippen LogP contribution >= 0.6 is 0 Å². The number of hydrogen-bond acceptors (Lipinski definition) is 5. The summed E-state index contributed by atoms with van der Waals surface area (Å²) in [7, 11) is 1.81. The van der Waals surface area contributed by atoms with Gasteiger partial charge >= 0.3 is 0 Å². The Hall–Kier alpha value is -2.41. The zero-order chi connectivity index (χ0) is 17.3. The Morgan fingerprint density at radius 1 is 1.40 bits per heavy atom. The number of likely N-dealkylation sites (tertiary alicyclic amines) is 1. The average Bonchev–Trinajstić information content (AvgIpc) is 3.22. The summed E-state index contributed by atoms with van der Waals surface area (Å²) in [5.74, 6) is 0.586. The highest BCUT2D eigenvalue weighted by Crippen LogP contribution is 2.36. The molecule has 1 spiro atoms. The maximum absolute atomic E-state index is 12.7. The third-order valence-corrected chi connectivity index (χ3v) is 4.86. The molecule has 0 aliphatic carbocycles. The normalized spacial score (nSPS) is 26.1. The van der Waals surface area contributed by atoms with Gasteiger partial charge in [0, 0.05) is 38.5 Å². The molecule has 7 nitrogen and oxygen atoms in total. The largest absolute Gasteiger partial charge is 0.472 e. The lowest BCUT2D eigenvalue weighted by Gasteiger charge is -2.39. The van der Waals surface area contributed by atoms with E-state index in [1.165, 1.54) is 0 Å². The smallest absolute Gasteiger partial charge is 0.274 e. The van der Waals surface area contributed by atoms with Crippen molar-refractivity contribution in [3.63, 3.8) is 0 Å². The van der Waals surface area contributed by atoms with E-state index >= 15 is 0 Å². The lowest BCUT2D eigenvalue weighted by atomic mass is 9.89. The van der Waals surface area contributed by atoms with Crippen molar-refractivity contribution in [2.45, 2.75) is 31.0 Å². The van der Waals surface area contributed by atoms with E-state index in [9.17, 15) is 4.79 Å². The van der Waals surface area contributed by atoms with Crippen LogP contribution in [0.2, 0.25) is 0 Å². The quantitative estimate of drug-likeness (QED) is 0.848. The van der Waals surface area contributed by atoms with Crippen LogP contribution < -0.4 is 4.74 Å². The van der Waals surface area contributed by atoms with Crippen LogP contribution in [0.15, 0.2) is 36.7 Å². The highest BCUT2D eigenvalue weighted by molar-refractivity contribution is 5.92. The zero-order valence-electron chi connectivity index (χ0n) is 14.3. The first-order valence-electron chi connectivity index (χ1n) is 8.64. The number of carbonyl (C=O) groups excluding carboxylic acids is 1. The molecule has 7 heteroatoms. The standard InChI is InChI=1S/C18H22N4O3/c1-21-10-6-15(20-21)17(23)22-9-4-7-18(13-22)11-14(12-24-18)25-16-5-2-3-8-19-16/h2-3,5-6,8,10,14H,4,7,9,11-13H2,1H3/t14-,18+/m1/s1. The monoisotopic (exact) mass is 342 g/mol. The fourth-order valence-electron chi connectivity index (χ4n) is 3.71. The Kier molecular flexibility index (Phi) is 4.17. The molecule has 2 atom stereocenters. The summed E-state index contributed by atoms with van der Waals surface area (Å²) in [6, 6.07) is 7.37. The van der Waals surface area contributed by atoms with Crippen LogP contribution in [0.1, 0.15) is 29.8 Å². The number of aryl methyl sites for hydroxylation is 1. The Labute approximate surface area is 146 Å². The van der Waals surface area contributed by atoms with E-state index < -0.39 is 0 Å². The molecule has 0 N–H and O–H groups in total. The number of piperidine rings is 1. The number of nitrogens with zero attached hydrogens (tertiary/aromatic N) is 4. The van der Waals surface area contributed by atoms with Crippen molar-refractivity contribution >= 4 is 5.91 Å². The molecule has 0 aromatic carbocycles. The summed E-state index contributed by atoms with van der Waals surface area (Å²) in [5.41, 5.74) is 0.168. The lowest BCUT2D eigenvalue weighted by molar-refractivity contribution is -0.0454. The van der Waals surface area contributed by atoms with Crippen LogP contribution in [-0.2, 0) is 11.8 Å². The summed E-state index contributed by atoms with van der Waals surface area (Å²) in [6.45, 7) is 1.86. The number of aromatic nitrogens is 3. The SMILES string of the molecule is Cn1ccc(C(=O)N2CCC[C@]3(C[C@@H](Oc4ccccn4)CO3)C2)n1. The van der Waals surface area contributed by atoms with E-state index in [0.717, 1.165) is 25.8 Å². The molecular weight excluding hydrogens is 320 g/mol. The molecule has 0 unspecified atom stereocenters. The number of pyridine rings is 1. The van der Waals surface area contributed by atoms with Crippen molar-refractivity contribution in [3.8, 4) is 5.88 Å². The Bertz CT molecular complexity index is 748. The van der Waals surface area contributed by atoms with Crippen molar-refractivity contribution < 1.29 is 14.3 Å². The molecule has 0 radical (unpaired) electrons. The van der Waals surface area contributed by atoms with Crippen LogP contribution in [-0.4, -0.2) is 57.0 Å². The van der Waals surface area contributed by atoms with Gasteiger partial charge in [0.2, 0.25) is 5.88 Å². The molecule has 2 aliphatic rings. The first-order chi connectivity index (χ1) is 12.1. The summed E-state index contributed by atoms with van der Waals surface area (Å²) < 4.78 is 13.7. The zero-order valence-corrected chi connectivity index (χ0v) is 14.3. The molecular formula is C18H22N4O3. The van der Waals surface area contributed by atoms with Gasteiger partial charge in [0.05, 0.1) is 18.8 Å². The van der Waals surface area contributed by atoms with Gasteiger partial charge in [-0.1, -0.05) is 6.07 Å². The van der Waals surface area contributed by atoms with Gasteiger partial charge in [0.25, 0.3) is 5.91 Å². The molecule has 132 valence electrons. The third-order valence-electron chi connectivity index (χ3n) is 4.86. The van der Waals surface area contributed by atoms with Crippen LogP contribution in [0.5, 0.6) is 5.88 Å². The van der Waals surface area contributed by atoms with Gasteiger partial charge in [-0.15, -0.1) is 0 Å². The number of ether oxygens (including phenoxy) is 2. The molecule has 4 heterocycles. The third kappa shape index (κ3) is 3.37. The minimum atomic E-state index is -0.317. The van der Waals surface area contributed by atoms with Crippen LogP contribution in [0.25, 0.3) is 0 Å². The van der Waals surface area contributed by atoms with E-state index in [1.807, 2.05) is 30.1 Å². The molecule has 2 aliphatic heterocycles. The molecule has 4 rings (SSSR count). The predicted octanol–water partition coefficient (Wildman–Crippen LogP) is 1.66. The van der Waals surface area contributed by atoms with E-state index in [1.54, 1.807) is 23.1 Å². The van der Waals surface area contributed by atoms with E-state index in [-0.39, 0.29) is 17.6 Å². The van der Waals surface area contributed by atoms with E-state index in [2.05, 4.69) is 10.1 Å². The highest BCUT2D eigenvalue weighted by Gasteiger charge is 2.45. The van der Waals surface area contributed by atoms with Crippen LogP contribution in [0.4, 0.5) is 0 Å². The van der Waals surface area contributed by atoms with Crippen molar-refractivity contribution in [2.75, 3.05) is 19.7 Å². The summed E-state index contributed by atoms with van der Waals surface area (Å²) in [6.07, 6.45) is 6.12. The number of amides is 1. The fraction of sp³-hybridized carbons (Fsp3) is 0.500. The van der Waals surface area contributed by atoms with Gasteiger partial charge in [0.15, 0.2) is 0 Å². The maximum atomic E-state index is 12.7. The van der Waals surface area contributed by atoms with Crippen molar-refractivity contribution in [3.05, 3.63) is 42.4 Å². The molecule has 2 saturated heterocycles. The van der Waals surface area contributed by atoms with Gasteiger partial charge in [-0.05, 0) is 25.0 Å². The minimum absolute atomic E-state index is 0.0280. The molecule has 25 heavy (non-hydrogen) atoms. The van der Waals surface area contributed by atoms with Gasteiger partial charge < -0.3 is 14.4 Å². The van der Waals surface area contributed by atoms with Crippen molar-refractivity contribution in [1.82, 2.24) is 19.7 Å². The second-order valence-electron chi connectivity index (χ2n) is 6.81. The van der Waals surface area contributed by atoms with Gasteiger partial charge in [0.1, 0.15) is 11.8 Å². The van der Waals surface area contributed by atoms with E-state index in [4.69, 9.17) is 9.47 Å². The second-order valence-corrected chi connectivity index (χ2v) is 6.81.